The van der Waals surface area contributed by atoms with Crippen LogP contribution in [0.25, 0.3) is 0 Å². The highest BCUT2D eigenvalue weighted by Crippen LogP contribution is 2.71. The SMILES string of the molecule is CCC(C)C(=O)OC(C)C1(O)CCC2(O)C3CCC4CC(OC5CC(O)C(OC6CC(OC)C(OC7CC(OC)C(O)C(C)O7)C(C)O6)C(C)O5)CCC4(C)C3CC(OC(C)=O)C12C. The first kappa shape index (κ1) is 50.3. The standard InChI is InChI=1S/C48H80O16/c1-12-24(2)44(52)60-28(6)47(53)17-18-48(54)32-14-13-30-19-31(15-16-45(30,8)33(32)20-37(46(47,48)9)61-29(7)49)62-38-21-34(50)42(26(4)58-38)63-40-23-36(56-11)43(27(5)59-40)64-39-22-35(55-10)41(51)25(3)57-39/h24-28,30-43,50-51,53-54H,12-23H2,1-11H3. The Kier molecular flexibility index (Phi) is 15.3. The predicted molar refractivity (Wildman–Crippen MR) is 229 cm³/mol. The zero-order chi connectivity index (χ0) is 46.7. The van der Waals surface area contributed by atoms with E-state index in [0.717, 1.165) is 32.1 Å². The Bertz CT molecular complexity index is 1610. The van der Waals surface area contributed by atoms with Crippen LogP contribution in [0.3, 0.4) is 0 Å². The number of carbonyl (C=O) groups is 2. The van der Waals surface area contributed by atoms with Crippen molar-refractivity contribution in [2.45, 2.75) is 243 Å². The number of rotatable bonds is 13. The van der Waals surface area contributed by atoms with E-state index in [1.165, 1.54) is 6.92 Å². The van der Waals surface area contributed by atoms with Crippen LogP contribution in [-0.2, 0) is 57.0 Å². The third-order valence-corrected chi connectivity index (χ3v) is 17.8. The Morgan fingerprint density at radius 2 is 1.34 bits per heavy atom. The van der Waals surface area contributed by atoms with Gasteiger partial charge in [0.2, 0.25) is 0 Å². The van der Waals surface area contributed by atoms with Gasteiger partial charge in [-0.05, 0) is 109 Å². The van der Waals surface area contributed by atoms with E-state index in [2.05, 4.69) is 6.92 Å². The second-order valence-corrected chi connectivity index (χ2v) is 21.1. The third kappa shape index (κ3) is 8.96. The monoisotopic (exact) mass is 913 g/mol. The summed E-state index contributed by atoms with van der Waals surface area (Å²) in [5.41, 5.74) is -4.42. The first-order valence-corrected chi connectivity index (χ1v) is 24.3. The van der Waals surface area contributed by atoms with E-state index in [4.69, 9.17) is 47.4 Å². The fraction of sp³-hybridized carbons (Fsp3) is 0.958. The van der Waals surface area contributed by atoms with E-state index < -0.39 is 108 Å². The average molecular weight is 913 g/mol. The number of aliphatic hydroxyl groups excluding tert-OH is 2. The number of hydrogen-bond donors (Lipinski definition) is 4. The Labute approximate surface area is 379 Å². The van der Waals surface area contributed by atoms with Crippen molar-refractivity contribution in [3.8, 4) is 0 Å². The van der Waals surface area contributed by atoms with Crippen molar-refractivity contribution in [1.29, 1.82) is 0 Å². The zero-order valence-corrected chi connectivity index (χ0v) is 40.1. The van der Waals surface area contributed by atoms with Crippen LogP contribution in [0.15, 0.2) is 0 Å². The highest BCUT2D eigenvalue weighted by molar-refractivity contribution is 5.72. The summed E-state index contributed by atoms with van der Waals surface area (Å²) in [5, 5.41) is 47.5. The van der Waals surface area contributed by atoms with E-state index >= 15 is 0 Å². The first-order valence-electron chi connectivity index (χ1n) is 24.3. The fourth-order valence-electron chi connectivity index (χ4n) is 13.6. The molecule has 0 spiro atoms. The lowest BCUT2D eigenvalue weighted by atomic mass is 9.42. The van der Waals surface area contributed by atoms with Gasteiger partial charge in [-0.25, -0.2) is 0 Å². The minimum Gasteiger partial charge on any atom is -0.462 e. The van der Waals surface area contributed by atoms with Gasteiger partial charge in [-0.1, -0.05) is 27.7 Å². The van der Waals surface area contributed by atoms with Crippen molar-refractivity contribution in [3.05, 3.63) is 0 Å². The number of carbonyl (C=O) groups excluding carboxylic acids is 2. The van der Waals surface area contributed by atoms with Crippen molar-refractivity contribution in [3.63, 3.8) is 0 Å². The third-order valence-electron chi connectivity index (χ3n) is 17.8. The maximum atomic E-state index is 13.0. The number of esters is 2. The topological polar surface area (TPSA) is 207 Å². The normalized spacial score (nSPS) is 50.3. The van der Waals surface area contributed by atoms with E-state index in [1.807, 2.05) is 27.7 Å². The predicted octanol–water partition coefficient (Wildman–Crippen LogP) is 4.71. The molecule has 0 aromatic heterocycles. The van der Waals surface area contributed by atoms with Gasteiger partial charge in [-0.15, -0.1) is 0 Å². The molecule has 4 aliphatic carbocycles. The Morgan fingerprint density at radius 3 is 1.97 bits per heavy atom. The molecule has 16 heteroatoms. The van der Waals surface area contributed by atoms with E-state index in [1.54, 1.807) is 35.0 Å². The summed E-state index contributed by atoms with van der Waals surface area (Å²) in [7, 11) is 3.18. The molecule has 64 heavy (non-hydrogen) atoms. The van der Waals surface area contributed by atoms with E-state index in [0.29, 0.717) is 32.1 Å². The van der Waals surface area contributed by atoms with Gasteiger partial charge in [0.05, 0.1) is 59.7 Å². The Balaban J connectivity index is 0.955. The van der Waals surface area contributed by atoms with Gasteiger partial charge in [0.25, 0.3) is 0 Å². The van der Waals surface area contributed by atoms with Crippen LogP contribution in [0, 0.1) is 34.5 Å². The van der Waals surface area contributed by atoms with Crippen molar-refractivity contribution >= 4 is 11.9 Å². The minimum atomic E-state index is -1.61. The molecule has 23 atom stereocenters. The van der Waals surface area contributed by atoms with Crippen LogP contribution in [0.2, 0.25) is 0 Å². The van der Waals surface area contributed by atoms with Gasteiger partial charge in [0, 0.05) is 40.4 Å². The number of aliphatic hydroxyl groups is 4. The van der Waals surface area contributed by atoms with Crippen LogP contribution in [0.1, 0.15) is 139 Å². The van der Waals surface area contributed by atoms with Gasteiger partial charge in [0.15, 0.2) is 18.9 Å². The van der Waals surface area contributed by atoms with Crippen molar-refractivity contribution in [2.75, 3.05) is 14.2 Å². The lowest BCUT2D eigenvalue weighted by molar-refractivity contribution is -0.338. The first-order chi connectivity index (χ1) is 30.1. The molecule has 0 aromatic carbocycles. The fourth-order valence-corrected chi connectivity index (χ4v) is 13.6. The van der Waals surface area contributed by atoms with Crippen molar-refractivity contribution < 1.29 is 77.4 Å². The quantitative estimate of drug-likeness (QED) is 0.146. The van der Waals surface area contributed by atoms with Crippen LogP contribution >= 0.6 is 0 Å². The lowest BCUT2D eigenvalue weighted by Crippen LogP contribution is -2.72. The molecule has 4 saturated carbocycles. The van der Waals surface area contributed by atoms with Gasteiger partial charge in [-0.2, -0.15) is 0 Å². The molecular weight excluding hydrogens is 833 g/mol. The Morgan fingerprint density at radius 1 is 0.734 bits per heavy atom. The zero-order valence-electron chi connectivity index (χ0n) is 40.1. The molecule has 368 valence electrons. The van der Waals surface area contributed by atoms with Gasteiger partial charge < -0.3 is 67.8 Å². The molecule has 7 rings (SSSR count). The molecule has 23 unspecified atom stereocenters. The maximum Gasteiger partial charge on any atom is 0.309 e. The second-order valence-electron chi connectivity index (χ2n) is 21.1. The van der Waals surface area contributed by atoms with Crippen LogP contribution in [-0.4, -0.2) is 150 Å². The molecule has 7 fully saturated rings. The molecule has 0 bridgehead atoms. The molecular formula is C48H80O16. The van der Waals surface area contributed by atoms with E-state index in [-0.39, 0.29) is 54.1 Å². The molecule has 0 amide bonds. The summed E-state index contributed by atoms with van der Waals surface area (Å²) in [5.74, 6) is -1.06. The van der Waals surface area contributed by atoms with Gasteiger partial charge in [0.1, 0.15) is 36.1 Å². The lowest BCUT2D eigenvalue weighted by Gasteiger charge is -2.66. The summed E-state index contributed by atoms with van der Waals surface area (Å²) < 4.78 is 61.4. The molecule has 3 aliphatic heterocycles. The van der Waals surface area contributed by atoms with Crippen LogP contribution in [0.4, 0.5) is 0 Å². The molecule has 0 radical (unpaired) electrons. The van der Waals surface area contributed by atoms with Gasteiger partial charge >= 0.3 is 11.9 Å². The smallest absolute Gasteiger partial charge is 0.309 e. The van der Waals surface area contributed by atoms with E-state index in [9.17, 15) is 30.0 Å². The minimum absolute atomic E-state index is 0.0197. The largest absolute Gasteiger partial charge is 0.462 e. The Hall–Kier alpha value is -1.54. The average Bonchev–Trinajstić information content (AvgIpc) is 3.47. The highest BCUT2D eigenvalue weighted by Gasteiger charge is 2.77. The molecule has 0 aromatic rings. The summed E-state index contributed by atoms with van der Waals surface area (Å²) in [6.07, 6.45) is -2.11. The number of methoxy groups -OCH3 is 2. The molecule has 7 aliphatic rings. The van der Waals surface area contributed by atoms with Crippen LogP contribution < -0.4 is 0 Å². The highest BCUT2D eigenvalue weighted by atomic mass is 16.7. The van der Waals surface area contributed by atoms with Crippen molar-refractivity contribution in [2.24, 2.45) is 34.5 Å². The molecule has 3 saturated heterocycles. The summed E-state index contributed by atoms with van der Waals surface area (Å²) in [4.78, 5) is 25.7. The summed E-state index contributed by atoms with van der Waals surface area (Å²) in [6.45, 7) is 16.5. The number of ether oxygens (including phenoxy) is 10. The molecule has 3 heterocycles. The molecule has 16 nitrogen and oxygen atoms in total. The van der Waals surface area contributed by atoms with Crippen LogP contribution in [0.5, 0.6) is 0 Å². The summed E-state index contributed by atoms with van der Waals surface area (Å²) in [6, 6.07) is 0. The summed E-state index contributed by atoms with van der Waals surface area (Å²) >= 11 is 0. The number of fused-ring (bicyclic) bond motifs is 5. The van der Waals surface area contributed by atoms with Gasteiger partial charge in [-0.3, -0.25) is 9.59 Å². The second kappa shape index (κ2) is 19.5. The molecule has 4 N–H and O–H groups in total. The maximum absolute atomic E-state index is 13.0. The van der Waals surface area contributed by atoms with Crippen molar-refractivity contribution in [1.82, 2.24) is 0 Å². The number of hydrogen-bond acceptors (Lipinski definition) is 16.